The molecule has 0 radical (unpaired) electrons. The molecule has 3 aromatic rings. The van der Waals surface area contributed by atoms with E-state index in [9.17, 15) is 0 Å². The zero-order chi connectivity index (χ0) is 18.5. The molecule has 5 heteroatoms. The van der Waals surface area contributed by atoms with Crippen molar-refractivity contribution in [2.45, 2.75) is 26.7 Å². The highest BCUT2D eigenvalue weighted by atomic mass is 16.6. The van der Waals surface area contributed by atoms with E-state index in [1.54, 1.807) is 7.11 Å². The summed E-state index contributed by atoms with van der Waals surface area (Å²) in [6, 6.07) is 15.6. The fourth-order valence-electron chi connectivity index (χ4n) is 2.55. The zero-order valence-corrected chi connectivity index (χ0v) is 15.6. The van der Waals surface area contributed by atoms with Gasteiger partial charge in [-0.3, -0.25) is 0 Å². The van der Waals surface area contributed by atoms with Crippen LogP contribution in [0.1, 0.15) is 32.6 Å². The third-order valence-corrected chi connectivity index (χ3v) is 3.95. The number of benzene rings is 2. The van der Waals surface area contributed by atoms with Crippen LogP contribution in [0.25, 0.3) is 22.6 Å². The van der Waals surface area contributed by atoms with E-state index < -0.39 is 0 Å². The molecule has 0 fully saturated rings. The van der Waals surface area contributed by atoms with Crippen molar-refractivity contribution in [2.24, 2.45) is 0 Å². The van der Waals surface area contributed by atoms with Gasteiger partial charge < -0.3 is 14.0 Å². The van der Waals surface area contributed by atoms with Crippen molar-refractivity contribution in [3.63, 3.8) is 0 Å². The summed E-state index contributed by atoms with van der Waals surface area (Å²) in [5, 5.41) is 0. The molecule has 0 saturated heterocycles. The van der Waals surface area contributed by atoms with Crippen LogP contribution in [0.2, 0.25) is 0 Å². The molecular weight excluding hydrogens is 328 g/mol. The molecule has 3 rings (SSSR count). The number of nitrogens with one attached hydrogen (secondary N) is 1. The van der Waals surface area contributed by atoms with Gasteiger partial charge in [-0.05, 0) is 55.5 Å². The van der Waals surface area contributed by atoms with Crippen LogP contribution in [0, 0.1) is 0 Å². The Labute approximate surface area is 153 Å². The minimum Gasteiger partial charge on any atom is -0.497 e. The van der Waals surface area contributed by atoms with Gasteiger partial charge in [-0.1, -0.05) is 13.8 Å². The van der Waals surface area contributed by atoms with Gasteiger partial charge in [0.2, 0.25) is 0 Å². The summed E-state index contributed by atoms with van der Waals surface area (Å²) in [5.74, 6) is 3.25. The molecule has 2 aromatic carbocycles. The van der Waals surface area contributed by atoms with E-state index in [0.717, 1.165) is 46.5 Å². The summed E-state index contributed by atoms with van der Waals surface area (Å²) in [4.78, 5) is 10.2. The lowest BCUT2D eigenvalue weighted by Gasteiger charge is -2.06. The van der Waals surface area contributed by atoms with Gasteiger partial charge in [0.15, 0.2) is 11.7 Å². The number of hydrogen-bond acceptors (Lipinski definition) is 5. The number of hydroxylamine groups is 1. The second-order valence-electron chi connectivity index (χ2n) is 6.24. The SMILES string of the molecule is CCNOc1ccc(-c2oc(C(C)C)nc2-c2ccc(OC)cc2)cc1. The molecule has 0 aliphatic rings. The van der Waals surface area contributed by atoms with E-state index in [-0.39, 0.29) is 5.92 Å². The Morgan fingerprint density at radius 1 is 0.962 bits per heavy atom. The molecule has 136 valence electrons. The summed E-state index contributed by atoms with van der Waals surface area (Å²) in [6.45, 7) is 6.86. The van der Waals surface area contributed by atoms with Crippen molar-refractivity contribution in [3.8, 4) is 34.1 Å². The van der Waals surface area contributed by atoms with E-state index in [2.05, 4.69) is 19.3 Å². The van der Waals surface area contributed by atoms with Gasteiger partial charge in [0, 0.05) is 23.6 Å². The van der Waals surface area contributed by atoms with Gasteiger partial charge in [-0.15, -0.1) is 0 Å². The molecule has 0 saturated carbocycles. The predicted molar refractivity (Wildman–Crippen MR) is 102 cm³/mol. The van der Waals surface area contributed by atoms with Crippen LogP contribution in [0.3, 0.4) is 0 Å². The second kappa shape index (κ2) is 8.06. The van der Waals surface area contributed by atoms with Gasteiger partial charge >= 0.3 is 0 Å². The molecule has 5 nitrogen and oxygen atoms in total. The van der Waals surface area contributed by atoms with Gasteiger partial charge in [0.25, 0.3) is 0 Å². The Balaban J connectivity index is 1.99. The van der Waals surface area contributed by atoms with Crippen LogP contribution in [-0.4, -0.2) is 18.6 Å². The highest BCUT2D eigenvalue weighted by molar-refractivity contribution is 5.77. The highest BCUT2D eigenvalue weighted by Crippen LogP contribution is 2.35. The number of oxazole rings is 1. The third kappa shape index (κ3) is 3.89. The van der Waals surface area contributed by atoms with Gasteiger partial charge in [-0.2, -0.15) is 5.48 Å². The van der Waals surface area contributed by atoms with E-state index in [1.807, 2.05) is 55.5 Å². The van der Waals surface area contributed by atoms with Gasteiger partial charge in [0.1, 0.15) is 17.2 Å². The van der Waals surface area contributed by atoms with Crippen molar-refractivity contribution < 1.29 is 14.0 Å². The Bertz CT molecular complexity index is 837. The maximum Gasteiger partial charge on any atom is 0.198 e. The molecule has 0 bridgehead atoms. The molecule has 26 heavy (non-hydrogen) atoms. The van der Waals surface area contributed by atoms with Crippen molar-refractivity contribution in [2.75, 3.05) is 13.7 Å². The summed E-state index contributed by atoms with van der Waals surface area (Å²) in [5.41, 5.74) is 5.62. The van der Waals surface area contributed by atoms with Crippen molar-refractivity contribution in [1.82, 2.24) is 10.5 Å². The molecular formula is C21H24N2O3. The maximum absolute atomic E-state index is 6.10. The van der Waals surface area contributed by atoms with Crippen LogP contribution in [0.5, 0.6) is 11.5 Å². The quantitative estimate of drug-likeness (QED) is 0.603. The van der Waals surface area contributed by atoms with Crippen LogP contribution >= 0.6 is 0 Å². The molecule has 1 N–H and O–H groups in total. The third-order valence-electron chi connectivity index (χ3n) is 3.95. The standard InChI is InChI=1S/C21H24N2O3/c1-5-22-26-18-12-8-16(9-13-18)20-19(23-21(25-20)14(2)3)15-6-10-17(24-4)11-7-15/h6-14,22H,5H2,1-4H3. The van der Waals surface area contributed by atoms with Gasteiger partial charge in [0.05, 0.1) is 7.11 Å². The monoisotopic (exact) mass is 352 g/mol. The fourth-order valence-corrected chi connectivity index (χ4v) is 2.55. The predicted octanol–water partition coefficient (Wildman–Crippen LogP) is 5.04. The molecule has 0 unspecified atom stereocenters. The first-order chi connectivity index (χ1) is 12.6. The summed E-state index contributed by atoms with van der Waals surface area (Å²) >= 11 is 0. The first kappa shape index (κ1) is 18.0. The normalized spacial score (nSPS) is 11.0. The Morgan fingerprint density at radius 2 is 1.58 bits per heavy atom. The summed E-state index contributed by atoms with van der Waals surface area (Å²) in [7, 11) is 1.66. The minimum atomic E-state index is 0.206. The maximum atomic E-state index is 6.10. The summed E-state index contributed by atoms with van der Waals surface area (Å²) in [6.07, 6.45) is 0. The number of methoxy groups -OCH3 is 1. The van der Waals surface area contributed by atoms with Crippen LogP contribution in [0.4, 0.5) is 0 Å². The number of rotatable bonds is 7. The lowest BCUT2D eigenvalue weighted by atomic mass is 10.1. The largest absolute Gasteiger partial charge is 0.497 e. The van der Waals surface area contributed by atoms with Crippen molar-refractivity contribution in [3.05, 3.63) is 54.4 Å². The van der Waals surface area contributed by atoms with Crippen molar-refractivity contribution in [1.29, 1.82) is 0 Å². The molecule has 0 amide bonds. The average Bonchev–Trinajstić information content (AvgIpc) is 3.12. The number of hydrogen-bond donors (Lipinski definition) is 1. The Morgan fingerprint density at radius 3 is 2.15 bits per heavy atom. The first-order valence-electron chi connectivity index (χ1n) is 8.77. The van der Waals surface area contributed by atoms with Crippen LogP contribution in [-0.2, 0) is 0 Å². The Kier molecular flexibility index (Phi) is 5.58. The smallest absolute Gasteiger partial charge is 0.198 e. The van der Waals surface area contributed by atoms with Crippen LogP contribution < -0.4 is 15.1 Å². The van der Waals surface area contributed by atoms with Crippen molar-refractivity contribution >= 4 is 0 Å². The van der Waals surface area contributed by atoms with E-state index in [0.29, 0.717) is 0 Å². The molecule has 0 aliphatic heterocycles. The minimum absolute atomic E-state index is 0.206. The van der Waals surface area contributed by atoms with E-state index >= 15 is 0 Å². The second-order valence-corrected chi connectivity index (χ2v) is 6.24. The van der Waals surface area contributed by atoms with E-state index in [4.69, 9.17) is 19.0 Å². The number of nitrogens with zero attached hydrogens (tertiary/aromatic N) is 1. The zero-order valence-electron chi connectivity index (χ0n) is 15.6. The topological polar surface area (TPSA) is 56.5 Å². The number of aromatic nitrogens is 1. The Hall–Kier alpha value is -2.79. The highest BCUT2D eigenvalue weighted by Gasteiger charge is 2.18. The van der Waals surface area contributed by atoms with Crippen LogP contribution in [0.15, 0.2) is 52.9 Å². The van der Waals surface area contributed by atoms with E-state index in [1.165, 1.54) is 0 Å². The lowest BCUT2D eigenvalue weighted by Crippen LogP contribution is -2.16. The summed E-state index contributed by atoms with van der Waals surface area (Å²) < 4.78 is 11.3. The average molecular weight is 352 g/mol. The molecule has 0 atom stereocenters. The van der Waals surface area contributed by atoms with Gasteiger partial charge in [-0.25, -0.2) is 4.98 Å². The number of ether oxygens (including phenoxy) is 1. The first-order valence-corrected chi connectivity index (χ1v) is 8.77. The lowest BCUT2D eigenvalue weighted by molar-refractivity contribution is 0.202. The molecule has 1 heterocycles. The fraction of sp³-hybridized carbons (Fsp3) is 0.286. The molecule has 0 aliphatic carbocycles. The molecule has 0 spiro atoms. The molecule has 1 aromatic heterocycles.